The lowest BCUT2D eigenvalue weighted by Gasteiger charge is -2.42. The molecule has 0 atom stereocenters. The molecule has 9 heteroatoms. The predicted molar refractivity (Wildman–Crippen MR) is 111 cm³/mol. The zero-order chi connectivity index (χ0) is 23.6. The number of halogens is 5. The lowest BCUT2D eigenvalue weighted by Crippen LogP contribution is -2.49. The lowest BCUT2D eigenvalue weighted by molar-refractivity contribution is 0.000713. The number of nitrogens with zero attached hydrogens (tertiary/aromatic N) is 1. The molecule has 1 fully saturated rings. The fraction of sp³-hybridized carbons (Fsp3) is 0.208. The number of benzene rings is 3. The standard InChI is InChI=1S/C24H19F5N2O2/c25-17-18(26)20(28)22(21(29)19(17)27)33-24(15-7-3-1-4-8-15)11-13-31(14-12-24)23(32)30-16-9-5-2-6-10-16/h1-10H,11-14H2,(H,30,32). The van der Waals surface area contributed by atoms with Gasteiger partial charge in [0.2, 0.25) is 29.1 Å². The third-order valence-electron chi connectivity index (χ3n) is 5.65. The van der Waals surface area contributed by atoms with Crippen molar-refractivity contribution in [2.24, 2.45) is 0 Å². The molecule has 0 bridgehead atoms. The zero-order valence-corrected chi connectivity index (χ0v) is 17.3. The van der Waals surface area contributed by atoms with E-state index in [-0.39, 0.29) is 32.0 Å². The van der Waals surface area contributed by atoms with E-state index in [0.717, 1.165) is 0 Å². The SMILES string of the molecule is O=C(Nc1ccccc1)N1CCC(Oc2c(F)c(F)c(F)c(F)c2F)(c2ccccc2)CC1. The van der Waals surface area contributed by atoms with Crippen LogP contribution in [0.1, 0.15) is 18.4 Å². The number of carbonyl (C=O) groups excluding carboxylic acids is 1. The Morgan fingerprint density at radius 1 is 0.758 bits per heavy atom. The number of urea groups is 1. The van der Waals surface area contributed by atoms with E-state index in [1.54, 1.807) is 54.6 Å². The first-order valence-electron chi connectivity index (χ1n) is 10.2. The van der Waals surface area contributed by atoms with Crippen molar-refractivity contribution in [3.63, 3.8) is 0 Å². The average Bonchev–Trinajstić information content (AvgIpc) is 2.86. The number of rotatable bonds is 4. The number of hydrogen-bond donors (Lipinski definition) is 1. The highest BCUT2D eigenvalue weighted by molar-refractivity contribution is 5.89. The molecule has 0 spiro atoms. The van der Waals surface area contributed by atoms with Crippen molar-refractivity contribution in [1.29, 1.82) is 0 Å². The summed E-state index contributed by atoms with van der Waals surface area (Å²) < 4.78 is 75.3. The molecule has 1 aliphatic heterocycles. The van der Waals surface area contributed by atoms with Crippen LogP contribution in [-0.2, 0) is 5.60 Å². The molecule has 0 radical (unpaired) electrons. The molecular weight excluding hydrogens is 443 g/mol. The van der Waals surface area contributed by atoms with Gasteiger partial charge in [0, 0.05) is 31.6 Å². The Balaban J connectivity index is 1.62. The van der Waals surface area contributed by atoms with E-state index in [1.165, 1.54) is 4.90 Å². The predicted octanol–water partition coefficient (Wildman–Crippen LogP) is 5.98. The number of piperidine rings is 1. The van der Waals surface area contributed by atoms with Crippen LogP contribution in [0, 0.1) is 29.1 Å². The number of ether oxygens (including phenoxy) is 1. The molecule has 1 heterocycles. The molecule has 172 valence electrons. The Kier molecular flexibility index (Phi) is 6.22. The van der Waals surface area contributed by atoms with Gasteiger partial charge in [0.05, 0.1) is 0 Å². The van der Waals surface area contributed by atoms with Crippen LogP contribution < -0.4 is 10.1 Å². The van der Waals surface area contributed by atoms with Crippen molar-refractivity contribution in [1.82, 2.24) is 4.90 Å². The van der Waals surface area contributed by atoms with Crippen LogP contribution in [-0.4, -0.2) is 24.0 Å². The van der Waals surface area contributed by atoms with Gasteiger partial charge in [-0.15, -0.1) is 0 Å². The molecule has 0 aromatic heterocycles. The van der Waals surface area contributed by atoms with Gasteiger partial charge in [-0.1, -0.05) is 48.5 Å². The van der Waals surface area contributed by atoms with E-state index in [4.69, 9.17) is 4.74 Å². The summed E-state index contributed by atoms with van der Waals surface area (Å²) in [4.78, 5) is 14.1. The van der Waals surface area contributed by atoms with E-state index < -0.39 is 40.4 Å². The molecule has 4 nitrogen and oxygen atoms in total. The van der Waals surface area contributed by atoms with Crippen LogP contribution in [0.25, 0.3) is 0 Å². The van der Waals surface area contributed by atoms with Crippen LogP contribution >= 0.6 is 0 Å². The Labute approximate surface area is 186 Å². The maximum Gasteiger partial charge on any atom is 0.321 e. The number of carbonyl (C=O) groups is 1. The Morgan fingerprint density at radius 2 is 1.24 bits per heavy atom. The monoisotopic (exact) mass is 462 g/mol. The van der Waals surface area contributed by atoms with Crippen LogP contribution in [0.4, 0.5) is 32.4 Å². The minimum absolute atomic E-state index is 0.0682. The molecule has 0 aliphatic carbocycles. The highest BCUT2D eigenvalue weighted by Gasteiger charge is 2.42. The summed E-state index contributed by atoms with van der Waals surface area (Å²) in [6.07, 6.45) is 0.136. The quantitative estimate of drug-likeness (QED) is 0.294. The van der Waals surface area contributed by atoms with Crippen LogP contribution in [0.3, 0.4) is 0 Å². The van der Waals surface area contributed by atoms with Crippen molar-refractivity contribution in [2.45, 2.75) is 18.4 Å². The van der Waals surface area contributed by atoms with Gasteiger partial charge in [-0.05, 0) is 17.7 Å². The maximum atomic E-state index is 14.4. The molecule has 3 aromatic carbocycles. The van der Waals surface area contributed by atoms with Gasteiger partial charge in [-0.2, -0.15) is 8.78 Å². The van der Waals surface area contributed by atoms with Crippen molar-refractivity contribution < 1.29 is 31.5 Å². The fourth-order valence-electron chi connectivity index (χ4n) is 3.86. The van der Waals surface area contributed by atoms with Crippen molar-refractivity contribution in [2.75, 3.05) is 18.4 Å². The second kappa shape index (κ2) is 9.09. The average molecular weight is 462 g/mol. The molecule has 3 aromatic rings. The van der Waals surface area contributed by atoms with Crippen molar-refractivity contribution in [3.05, 3.63) is 95.3 Å². The first-order chi connectivity index (χ1) is 15.8. The molecule has 0 saturated carbocycles. The molecule has 1 N–H and O–H groups in total. The Morgan fingerprint density at radius 3 is 1.79 bits per heavy atom. The zero-order valence-electron chi connectivity index (χ0n) is 17.3. The van der Waals surface area contributed by atoms with E-state index in [2.05, 4.69) is 5.32 Å². The van der Waals surface area contributed by atoms with Gasteiger partial charge < -0.3 is 15.0 Å². The molecule has 1 saturated heterocycles. The first-order valence-corrected chi connectivity index (χ1v) is 10.2. The van der Waals surface area contributed by atoms with Crippen LogP contribution in [0.15, 0.2) is 60.7 Å². The van der Waals surface area contributed by atoms with E-state index in [1.807, 2.05) is 6.07 Å². The molecular formula is C24H19F5N2O2. The van der Waals surface area contributed by atoms with Gasteiger partial charge in [-0.3, -0.25) is 0 Å². The number of likely N-dealkylation sites (tertiary alicyclic amines) is 1. The lowest BCUT2D eigenvalue weighted by atomic mass is 9.84. The number of nitrogens with one attached hydrogen (secondary N) is 1. The van der Waals surface area contributed by atoms with E-state index >= 15 is 0 Å². The normalized spacial score (nSPS) is 15.2. The Hall–Kier alpha value is -3.62. The number of amides is 2. The second-order valence-corrected chi connectivity index (χ2v) is 7.64. The summed E-state index contributed by atoms with van der Waals surface area (Å²) in [5.41, 5.74) is -0.305. The number of anilines is 1. The highest BCUT2D eigenvalue weighted by Crippen LogP contribution is 2.41. The summed E-state index contributed by atoms with van der Waals surface area (Å²) in [5.74, 6) is -11.8. The minimum atomic E-state index is -2.25. The largest absolute Gasteiger partial charge is 0.476 e. The molecule has 33 heavy (non-hydrogen) atoms. The smallest absolute Gasteiger partial charge is 0.321 e. The summed E-state index contributed by atoms with van der Waals surface area (Å²) in [6, 6.07) is 16.8. The van der Waals surface area contributed by atoms with Gasteiger partial charge in [0.15, 0.2) is 5.75 Å². The van der Waals surface area contributed by atoms with Crippen LogP contribution in [0.2, 0.25) is 0 Å². The topological polar surface area (TPSA) is 41.6 Å². The third-order valence-corrected chi connectivity index (χ3v) is 5.65. The molecule has 2 amide bonds. The van der Waals surface area contributed by atoms with Gasteiger partial charge in [-0.25, -0.2) is 18.0 Å². The van der Waals surface area contributed by atoms with Gasteiger partial charge in [0.1, 0.15) is 5.60 Å². The highest BCUT2D eigenvalue weighted by atomic mass is 19.2. The summed E-state index contributed by atoms with van der Waals surface area (Å²) in [6.45, 7) is 0.256. The molecule has 0 unspecified atom stereocenters. The first kappa shape index (κ1) is 22.6. The summed E-state index contributed by atoms with van der Waals surface area (Å²) >= 11 is 0. The summed E-state index contributed by atoms with van der Waals surface area (Å²) in [7, 11) is 0. The molecule has 4 rings (SSSR count). The van der Waals surface area contributed by atoms with Crippen molar-refractivity contribution >= 4 is 11.7 Å². The number of hydrogen-bond acceptors (Lipinski definition) is 2. The van der Waals surface area contributed by atoms with E-state index in [0.29, 0.717) is 11.3 Å². The number of para-hydroxylation sites is 1. The fourth-order valence-corrected chi connectivity index (χ4v) is 3.86. The third kappa shape index (κ3) is 4.35. The minimum Gasteiger partial charge on any atom is -0.476 e. The Bertz CT molecular complexity index is 1120. The summed E-state index contributed by atoms with van der Waals surface area (Å²) in [5, 5.41) is 2.75. The molecule has 1 aliphatic rings. The van der Waals surface area contributed by atoms with Gasteiger partial charge in [0.25, 0.3) is 0 Å². The van der Waals surface area contributed by atoms with Crippen molar-refractivity contribution in [3.8, 4) is 5.75 Å². The maximum absolute atomic E-state index is 14.4. The van der Waals surface area contributed by atoms with Gasteiger partial charge >= 0.3 is 6.03 Å². The second-order valence-electron chi connectivity index (χ2n) is 7.64. The van der Waals surface area contributed by atoms with Crippen LogP contribution in [0.5, 0.6) is 5.75 Å². The van der Waals surface area contributed by atoms with E-state index in [9.17, 15) is 26.7 Å².